The number of hydrogen-bond donors (Lipinski definition) is 2. The minimum absolute atomic E-state index is 0.0368. The van der Waals surface area contributed by atoms with Gasteiger partial charge in [0.05, 0.1) is 5.69 Å². The standard InChI is InChI=1S/C19H17F5N4O3/c20-18(21)3-1-10(2-4-18)5-13-16(19(22,23)24)27-14-7-11(6-12(8-25)28(13)14)17(31)26-9-15(29)30/h6-7,10H,1-5,9H2,(H,26,31)(H,29,30). The number of aromatic nitrogens is 2. The minimum Gasteiger partial charge on any atom is -0.480 e. The van der Waals surface area contributed by atoms with E-state index < -0.39 is 55.0 Å². The summed E-state index contributed by atoms with van der Waals surface area (Å²) in [6.45, 7) is -0.717. The van der Waals surface area contributed by atoms with Crippen molar-refractivity contribution in [2.24, 2.45) is 5.92 Å². The summed E-state index contributed by atoms with van der Waals surface area (Å²) >= 11 is 0. The lowest BCUT2D eigenvalue weighted by atomic mass is 9.83. The van der Waals surface area contributed by atoms with Crippen LogP contribution in [-0.4, -0.2) is 38.8 Å². The molecule has 0 spiro atoms. The second-order valence-corrected chi connectivity index (χ2v) is 7.42. The van der Waals surface area contributed by atoms with E-state index in [-0.39, 0.29) is 41.9 Å². The fourth-order valence-corrected chi connectivity index (χ4v) is 3.70. The summed E-state index contributed by atoms with van der Waals surface area (Å²) in [7, 11) is 0. The first-order valence-corrected chi connectivity index (χ1v) is 9.32. The molecule has 1 amide bonds. The third kappa shape index (κ3) is 4.92. The van der Waals surface area contributed by atoms with Crippen LogP contribution in [0.2, 0.25) is 0 Å². The van der Waals surface area contributed by atoms with Gasteiger partial charge in [-0.15, -0.1) is 0 Å². The Balaban J connectivity index is 2.05. The molecule has 12 heteroatoms. The number of carboxylic acids is 1. The smallest absolute Gasteiger partial charge is 0.435 e. The third-order valence-corrected chi connectivity index (χ3v) is 5.18. The Labute approximate surface area is 172 Å². The van der Waals surface area contributed by atoms with E-state index in [0.717, 1.165) is 16.5 Å². The van der Waals surface area contributed by atoms with Crippen LogP contribution < -0.4 is 5.32 Å². The van der Waals surface area contributed by atoms with Gasteiger partial charge in [-0.25, -0.2) is 13.8 Å². The molecule has 1 fully saturated rings. The van der Waals surface area contributed by atoms with Gasteiger partial charge in [-0.05, 0) is 37.3 Å². The first-order valence-electron chi connectivity index (χ1n) is 9.32. The van der Waals surface area contributed by atoms with Crippen LogP contribution in [0.3, 0.4) is 0 Å². The Morgan fingerprint density at radius 1 is 1.29 bits per heavy atom. The highest BCUT2D eigenvalue weighted by Crippen LogP contribution is 2.40. The van der Waals surface area contributed by atoms with Crippen LogP contribution in [0.15, 0.2) is 12.1 Å². The van der Waals surface area contributed by atoms with E-state index in [1.165, 1.54) is 0 Å². The van der Waals surface area contributed by atoms with Crippen molar-refractivity contribution in [3.63, 3.8) is 0 Å². The number of alkyl halides is 5. The number of imidazole rings is 1. The predicted molar refractivity (Wildman–Crippen MR) is 95.5 cm³/mol. The largest absolute Gasteiger partial charge is 0.480 e. The average molecular weight is 444 g/mol. The van der Waals surface area contributed by atoms with E-state index in [9.17, 15) is 36.8 Å². The van der Waals surface area contributed by atoms with Gasteiger partial charge < -0.3 is 10.4 Å². The van der Waals surface area contributed by atoms with E-state index in [4.69, 9.17) is 5.11 Å². The Hall–Kier alpha value is -3.23. The molecule has 2 aromatic rings. The molecule has 0 unspecified atom stereocenters. The quantitative estimate of drug-likeness (QED) is 0.688. The van der Waals surface area contributed by atoms with E-state index in [0.29, 0.717) is 0 Å². The highest BCUT2D eigenvalue weighted by atomic mass is 19.4. The average Bonchev–Trinajstić information content (AvgIpc) is 3.05. The van der Waals surface area contributed by atoms with E-state index in [2.05, 4.69) is 10.3 Å². The summed E-state index contributed by atoms with van der Waals surface area (Å²) in [5.74, 6) is -5.49. The molecule has 0 radical (unpaired) electrons. The number of pyridine rings is 1. The van der Waals surface area contributed by atoms with Gasteiger partial charge in [-0.2, -0.15) is 18.4 Å². The Morgan fingerprint density at radius 2 is 1.94 bits per heavy atom. The number of nitrogens with zero attached hydrogens (tertiary/aromatic N) is 3. The molecule has 1 aliphatic rings. The van der Waals surface area contributed by atoms with Gasteiger partial charge in [0, 0.05) is 18.4 Å². The molecular formula is C19H17F5N4O3. The first kappa shape index (κ1) is 22.5. The maximum Gasteiger partial charge on any atom is 0.435 e. The van der Waals surface area contributed by atoms with Crippen LogP contribution in [0, 0.1) is 17.2 Å². The van der Waals surface area contributed by atoms with Gasteiger partial charge in [0.1, 0.15) is 24.0 Å². The molecule has 0 bridgehead atoms. The summed E-state index contributed by atoms with van der Waals surface area (Å²) < 4.78 is 68.7. The number of nitriles is 1. The van der Waals surface area contributed by atoms with Crippen molar-refractivity contribution in [3.05, 3.63) is 34.8 Å². The number of hydrogen-bond acceptors (Lipinski definition) is 4. The number of aliphatic carboxylic acids is 1. The highest BCUT2D eigenvalue weighted by Gasteiger charge is 2.41. The number of carboxylic acid groups (broad SMARTS) is 1. The number of fused-ring (bicyclic) bond motifs is 1. The van der Waals surface area contributed by atoms with Gasteiger partial charge in [-0.3, -0.25) is 14.0 Å². The molecular weight excluding hydrogens is 427 g/mol. The third-order valence-electron chi connectivity index (χ3n) is 5.18. The normalized spacial score (nSPS) is 16.8. The zero-order valence-corrected chi connectivity index (χ0v) is 16.0. The zero-order chi connectivity index (χ0) is 23.0. The van der Waals surface area contributed by atoms with Crippen LogP contribution in [0.25, 0.3) is 5.65 Å². The summed E-state index contributed by atoms with van der Waals surface area (Å²) in [6, 6.07) is 3.78. The maximum absolute atomic E-state index is 13.6. The van der Waals surface area contributed by atoms with Crippen molar-refractivity contribution in [2.75, 3.05) is 6.54 Å². The molecule has 3 rings (SSSR count). The van der Waals surface area contributed by atoms with Crippen LogP contribution in [0.5, 0.6) is 0 Å². The van der Waals surface area contributed by atoms with Crippen molar-refractivity contribution in [2.45, 2.75) is 44.2 Å². The van der Waals surface area contributed by atoms with Gasteiger partial charge in [0.2, 0.25) is 5.92 Å². The van der Waals surface area contributed by atoms with Crippen LogP contribution in [0.1, 0.15) is 53.1 Å². The van der Waals surface area contributed by atoms with Crippen molar-refractivity contribution < 1.29 is 36.6 Å². The molecule has 0 aromatic carbocycles. The number of halogens is 5. The summed E-state index contributed by atoms with van der Waals surface area (Å²) in [5.41, 5.74) is -2.43. The molecule has 166 valence electrons. The van der Waals surface area contributed by atoms with Crippen LogP contribution in [0.4, 0.5) is 22.0 Å². The van der Waals surface area contributed by atoms with Crippen molar-refractivity contribution in [3.8, 4) is 6.07 Å². The van der Waals surface area contributed by atoms with Gasteiger partial charge in [-0.1, -0.05) is 0 Å². The zero-order valence-electron chi connectivity index (χ0n) is 16.0. The Bertz CT molecular complexity index is 1060. The molecule has 2 aromatic heterocycles. The number of carbonyl (C=O) groups excluding carboxylic acids is 1. The number of carbonyl (C=O) groups is 2. The van der Waals surface area contributed by atoms with Crippen LogP contribution in [-0.2, 0) is 17.4 Å². The maximum atomic E-state index is 13.6. The fourth-order valence-electron chi connectivity index (χ4n) is 3.70. The van der Waals surface area contributed by atoms with E-state index in [1.54, 1.807) is 6.07 Å². The summed E-state index contributed by atoms with van der Waals surface area (Å²) in [4.78, 5) is 26.3. The minimum atomic E-state index is -4.86. The summed E-state index contributed by atoms with van der Waals surface area (Å²) in [6.07, 6.45) is -5.84. The SMILES string of the molecule is N#Cc1cc(C(=O)NCC(=O)O)cc2nc(C(F)(F)F)c(CC3CCC(F)(F)CC3)n12. The topological polar surface area (TPSA) is 107 Å². The summed E-state index contributed by atoms with van der Waals surface area (Å²) in [5, 5.41) is 20.2. The second kappa shape index (κ2) is 8.13. The van der Waals surface area contributed by atoms with Crippen molar-refractivity contribution >= 4 is 17.5 Å². The van der Waals surface area contributed by atoms with Gasteiger partial charge in [0.15, 0.2) is 5.69 Å². The lowest BCUT2D eigenvalue weighted by molar-refractivity contribution is -0.141. The molecule has 1 aliphatic carbocycles. The molecule has 31 heavy (non-hydrogen) atoms. The highest BCUT2D eigenvalue weighted by molar-refractivity contribution is 5.96. The second-order valence-electron chi connectivity index (χ2n) is 7.42. The van der Waals surface area contributed by atoms with Crippen molar-refractivity contribution in [1.82, 2.24) is 14.7 Å². The lowest BCUT2D eigenvalue weighted by Crippen LogP contribution is -2.29. The Morgan fingerprint density at radius 3 is 2.48 bits per heavy atom. The van der Waals surface area contributed by atoms with Gasteiger partial charge >= 0.3 is 12.1 Å². The Kier molecular flexibility index (Phi) is 5.89. The van der Waals surface area contributed by atoms with E-state index in [1.807, 2.05) is 0 Å². The molecule has 2 heterocycles. The first-order chi connectivity index (χ1) is 14.4. The van der Waals surface area contributed by atoms with E-state index >= 15 is 0 Å². The van der Waals surface area contributed by atoms with Crippen molar-refractivity contribution in [1.29, 1.82) is 5.26 Å². The predicted octanol–water partition coefficient (Wildman–Crippen LogP) is 3.41. The molecule has 0 aliphatic heterocycles. The monoisotopic (exact) mass is 444 g/mol. The van der Waals surface area contributed by atoms with Crippen LogP contribution >= 0.6 is 0 Å². The molecule has 2 N–H and O–H groups in total. The number of nitrogens with one attached hydrogen (secondary N) is 1. The fraction of sp³-hybridized carbons (Fsp3) is 0.474. The number of rotatable bonds is 5. The molecule has 0 saturated heterocycles. The lowest BCUT2D eigenvalue weighted by Gasteiger charge is -2.28. The molecule has 0 atom stereocenters. The number of amides is 1. The van der Waals surface area contributed by atoms with Gasteiger partial charge in [0.25, 0.3) is 5.91 Å². The molecule has 1 saturated carbocycles. The molecule has 7 nitrogen and oxygen atoms in total.